The molecule has 1 aromatic rings. The molecule has 0 spiro atoms. The average molecular weight is 244 g/mol. The highest BCUT2D eigenvalue weighted by Crippen LogP contribution is 2.32. The third-order valence-electron chi connectivity index (χ3n) is 2.29. The highest BCUT2D eigenvalue weighted by atomic mass is 19.4. The molecule has 0 aromatic heterocycles. The van der Waals surface area contributed by atoms with Crippen LogP contribution in [0.2, 0.25) is 0 Å². The van der Waals surface area contributed by atoms with Gasteiger partial charge in [0.15, 0.2) is 0 Å². The minimum atomic E-state index is -4.45. The molecule has 0 aliphatic rings. The fraction of sp³-hybridized carbons (Fsp3) is 0.364. The predicted molar refractivity (Wildman–Crippen MR) is 54.5 cm³/mol. The maximum absolute atomic E-state index is 12.6. The summed E-state index contributed by atoms with van der Waals surface area (Å²) in [5, 5.41) is 17.7. The summed E-state index contributed by atoms with van der Waals surface area (Å²) in [4.78, 5) is 0. The fourth-order valence-corrected chi connectivity index (χ4v) is 1.40. The van der Waals surface area contributed by atoms with Crippen LogP contribution >= 0.6 is 0 Å². The van der Waals surface area contributed by atoms with E-state index < -0.39 is 17.5 Å². The van der Waals surface area contributed by atoms with Crippen molar-refractivity contribution in [3.8, 4) is 6.07 Å². The first-order valence-electron chi connectivity index (χ1n) is 4.84. The van der Waals surface area contributed by atoms with Crippen LogP contribution in [0.4, 0.5) is 13.2 Å². The molecule has 3 N–H and O–H groups in total. The summed E-state index contributed by atoms with van der Waals surface area (Å²) >= 11 is 0. The summed E-state index contributed by atoms with van der Waals surface area (Å²) in [7, 11) is 0. The van der Waals surface area contributed by atoms with E-state index in [2.05, 4.69) is 0 Å². The number of aliphatic hydroxyl groups is 1. The van der Waals surface area contributed by atoms with Crippen molar-refractivity contribution >= 4 is 0 Å². The Hall–Kier alpha value is -1.58. The van der Waals surface area contributed by atoms with Crippen LogP contribution in [-0.4, -0.2) is 10.8 Å². The van der Waals surface area contributed by atoms with E-state index in [1.165, 1.54) is 24.3 Å². The smallest absolute Gasteiger partial charge is 0.364 e. The summed E-state index contributed by atoms with van der Waals surface area (Å²) in [5.41, 5.74) is 2.28. The molecule has 0 aliphatic heterocycles. The molecule has 0 saturated carbocycles. The van der Waals surface area contributed by atoms with E-state index in [1.807, 2.05) is 0 Å². The van der Waals surface area contributed by atoms with E-state index in [0.29, 0.717) is 0 Å². The Morgan fingerprint density at radius 2 is 1.88 bits per heavy atom. The zero-order valence-corrected chi connectivity index (χ0v) is 8.83. The zero-order valence-electron chi connectivity index (χ0n) is 8.83. The summed E-state index contributed by atoms with van der Waals surface area (Å²) in [5.74, 6) is 0. The molecular weight excluding hydrogens is 233 g/mol. The van der Waals surface area contributed by atoms with Gasteiger partial charge in [0.2, 0.25) is 5.72 Å². The van der Waals surface area contributed by atoms with Gasteiger partial charge < -0.3 is 5.11 Å². The molecule has 6 heteroatoms. The Kier molecular flexibility index (Phi) is 3.76. The number of halogens is 3. The molecule has 1 unspecified atom stereocenters. The van der Waals surface area contributed by atoms with Crippen LogP contribution in [0.5, 0.6) is 0 Å². The van der Waals surface area contributed by atoms with E-state index in [1.54, 1.807) is 0 Å². The molecule has 17 heavy (non-hydrogen) atoms. The number of aryl methyl sites for hydroxylation is 1. The molecule has 3 nitrogen and oxygen atoms in total. The molecule has 0 fully saturated rings. The van der Waals surface area contributed by atoms with Crippen LogP contribution in [0.3, 0.4) is 0 Å². The molecule has 0 bridgehead atoms. The topological polar surface area (TPSA) is 70.0 Å². The van der Waals surface area contributed by atoms with Crippen LogP contribution < -0.4 is 5.73 Å². The molecule has 0 saturated heterocycles. The SMILES string of the molecule is N#CC(N)(O)CCc1ccccc1C(F)(F)F. The summed E-state index contributed by atoms with van der Waals surface area (Å²) in [6.45, 7) is 0. The predicted octanol–water partition coefficient (Wildman–Crippen LogP) is 1.81. The van der Waals surface area contributed by atoms with Crippen LogP contribution in [0.15, 0.2) is 24.3 Å². The van der Waals surface area contributed by atoms with Gasteiger partial charge in [-0.1, -0.05) is 18.2 Å². The second-order valence-corrected chi connectivity index (χ2v) is 3.69. The van der Waals surface area contributed by atoms with E-state index in [4.69, 9.17) is 11.0 Å². The third-order valence-corrected chi connectivity index (χ3v) is 2.29. The largest absolute Gasteiger partial charge is 0.416 e. The normalized spacial score (nSPS) is 15.1. The lowest BCUT2D eigenvalue weighted by atomic mass is 9.99. The first-order chi connectivity index (χ1) is 7.76. The van der Waals surface area contributed by atoms with Crippen molar-refractivity contribution in [3.05, 3.63) is 35.4 Å². The minimum Gasteiger partial charge on any atom is -0.364 e. The Balaban J connectivity index is 2.90. The van der Waals surface area contributed by atoms with Gasteiger partial charge in [0, 0.05) is 6.42 Å². The monoisotopic (exact) mass is 244 g/mol. The number of nitrogens with zero attached hydrogens (tertiary/aromatic N) is 1. The molecule has 0 radical (unpaired) electrons. The number of benzene rings is 1. The maximum Gasteiger partial charge on any atom is 0.416 e. The lowest BCUT2D eigenvalue weighted by Crippen LogP contribution is -2.38. The molecule has 1 rings (SSSR count). The Bertz CT molecular complexity index is 435. The molecule has 1 atom stereocenters. The lowest BCUT2D eigenvalue weighted by Gasteiger charge is -2.16. The van der Waals surface area contributed by atoms with Gasteiger partial charge in [0.05, 0.1) is 5.56 Å². The second kappa shape index (κ2) is 4.73. The maximum atomic E-state index is 12.6. The molecule has 0 amide bonds. The Labute approximate surface area is 96.3 Å². The zero-order chi connectivity index (χ0) is 13.1. The number of alkyl halides is 3. The number of nitriles is 1. The van der Waals surface area contributed by atoms with Crippen LogP contribution in [0.1, 0.15) is 17.5 Å². The number of hydrogen-bond acceptors (Lipinski definition) is 3. The first kappa shape index (κ1) is 13.5. The van der Waals surface area contributed by atoms with Crippen molar-refractivity contribution in [2.45, 2.75) is 24.7 Å². The molecule has 0 heterocycles. The van der Waals surface area contributed by atoms with E-state index >= 15 is 0 Å². The summed E-state index contributed by atoms with van der Waals surface area (Å²) < 4.78 is 37.8. The van der Waals surface area contributed by atoms with E-state index in [-0.39, 0.29) is 18.4 Å². The summed E-state index contributed by atoms with van der Waals surface area (Å²) in [6.07, 6.45) is -4.82. The highest BCUT2D eigenvalue weighted by Gasteiger charge is 2.33. The van der Waals surface area contributed by atoms with Gasteiger partial charge in [0.1, 0.15) is 6.07 Å². The molecular formula is C11H11F3N2O. The molecule has 1 aromatic carbocycles. The van der Waals surface area contributed by atoms with Crippen molar-refractivity contribution < 1.29 is 18.3 Å². The van der Waals surface area contributed by atoms with Gasteiger partial charge in [-0.3, -0.25) is 5.73 Å². The second-order valence-electron chi connectivity index (χ2n) is 3.69. The average Bonchev–Trinajstić information content (AvgIpc) is 2.26. The number of hydrogen-bond donors (Lipinski definition) is 2. The fourth-order valence-electron chi connectivity index (χ4n) is 1.40. The standard InChI is InChI=1S/C11H11F3N2O/c12-11(13,14)9-4-2-1-3-8(9)5-6-10(16,17)7-15/h1-4,17H,5-6,16H2. The van der Waals surface area contributed by atoms with Crippen molar-refractivity contribution in [1.29, 1.82) is 5.26 Å². The quantitative estimate of drug-likeness (QED) is 0.629. The lowest BCUT2D eigenvalue weighted by molar-refractivity contribution is -0.138. The van der Waals surface area contributed by atoms with Gasteiger partial charge in [0.25, 0.3) is 0 Å². The Morgan fingerprint density at radius 1 is 1.29 bits per heavy atom. The van der Waals surface area contributed by atoms with Gasteiger partial charge in [-0.25, -0.2) is 0 Å². The van der Waals surface area contributed by atoms with Crippen molar-refractivity contribution in [1.82, 2.24) is 0 Å². The van der Waals surface area contributed by atoms with Crippen LogP contribution in [0.25, 0.3) is 0 Å². The van der Waals surface area contributed by atoms with Crippen molar-refractivity contribution in [2.24, 2.45) is 5.73 Å². The number of nitrogens with two attached hydrogens (primary N) is 1. The van der Waals surface area contributed by atoms with Crippen molar-refractivity contribution in [3.63, 3.8) is 0 Å². The van der Waals surface area contributed by atoms with Gasteiger partial charge in [-0.2, -0.15) is 18.4 Å². The van der Waals surface area contributed by atoms with Crippen molar-refractivity contribution in [2.75, 3.05) is 0 Å². The third kappa shape index (κ3) is 3.73. The highest BCUT2D eigenvalue weighted by molar-refractivity contribution is 5.30. The number of rotatable bonds is 3. The van der Waals surface area contributed by atoms with Crippen LogP contribution in [0, 0.1) is 11.3 Å². The molecule has 92 valence electrons. The summed E-state index contributed by atoms with van der Waals surface area (Å²) in [6, 6.07) is 6.43. The molecule has 0 aliphatic carbocycles. The van der Waals surface area contributed by atoms with Gasteiger partial charge in [-0.15, -0.1) is 0 Å². The minimum absolute atomic E-state index is 0.0131. The van der Waals surface area contributed by atoms with E-state index in [9.17, 15) is 18.3 Å². The van der Waals surface area contributed by atoms with E-state index in [0.717, 1.165) is 6.07 Å². The van der Waals surface area contributed by atoms with Crippen LogP contribution in [-0.2, 0) is 12.6 Å². The Morgan fingerprint density at radius 3 is 2.41 bits per heavy atom. The van der Waals surface area contributed by atoms with Gasteiger partial charge in [-0.05, 0) is 18.1 Å². The van der Waals surface area contributed by atoms with Gasteiger partial charge >= 0.3 is 6.18 Å². The first-order valence-corrected chi connectivity index (χ1v) is 4.84.